The summed E-state index contributed by atoms with van der Waals surface area (Å²) in [4.78, 5) is 27.3. The molecule has 1 aliphatic rings. The largest absolute Gasteiger partial charge is 0.507 e. The van der Waals surface area contributed by atoms with E-state index in [0.29, 0.717) is 11.3 Å². The number of ketones is 1. The SMILES string of the molecule is COc1ccc(/C(O)=C2/C(=O)C(=O)N(c3ccccc3O)C2c2ccco2)cc1C(C)C. The summed E-state index contributed by atoms with van der Waals surface area (Å²) in [6.45, 7) is 3.98. The first-order chi connectivity index (χ1) is 15.3. The number of amides is 1. The zero-order valence-electron chi connectivity index (χ0n) is 17.9. The molecule has 7 heteroatoms. The van der Waals surface area contributed by atoms with E-state index in [-0.39, 0.29) is 34.4 Å². The van der Waals surface area contributed by atoms with Gasteiger partial charge in [0.2, 0.25) is 0 Å². The highest BCUT2D eigenvalue weighted by molar-refractivity contribution is 6.51. The maximum atomic E-state index is 13.1. The molecule has 4 rings (SSSR count). The van der Waals surface area contributed by atoms with Gasteiger partial charge >= 0.3 is 0 Å². The topological polar surface area (TPSA) is 100 Å². The minimum Gasteiger partial charge on any atom is -0.507 e. The van der Waals surface area contributed by atoms with Crippen LogP contribution in [-0.4, -0.2) is 29.0 Å². The van der Waals surface area contributed by atoms with Crippen LogP contribution in [0.5, 0.6) is 11.5 Å². The van der Waals surface area contributed by atoms with Gasteiger partial charge in [-0.2, -0.15) is 0 Å². The van der Waals surface area contributed by atoms with Gasteiger partial charge in [0.05, 0.1) is 24.6 Å². The van der Waals surface area contributed by atoms with E-state index in [1.54, 1.807) is 49.6 Å². The molecule has 164 valence electrons. The number of ether oxygens (including phenoxy) is 1. The highest BCUT2D eigenvalue weighted by Crippen LogP contribution is 2.45. The number of aromatic hydroxyl groups is 1. The molecule has 1 aromatic heterocycles. The van der Waals surface area contributed by atoms with Gasteiger partial charge in [-0.1, -0.05) is 26.0 Å². The van der Waals surface area contributed by atoms with Crippen molar-refractivity contribution < 1.29 is 29.0 Å². The molecule has 0 spiro atoms. The third-order valence-corrected chi connectivity index (χ3v) is 5.52. The molecular weight excluding hydrogens is 410 g/mol. The normalized spacial score (nSPS) is 17.9. The van der Waals surface area contributed by atoms with Gasteiger partial charge in [0.25, 0.3) is 11.7 Å². The van der Waals surface area contributed by atoms with Gasteiger partial charge < -0.3 is 19.4 Å². The van der Waals surface area contributed by atoms with Gasteiger partial charge in [-0.15, -0.1) is 0 Å². The molecule has 1 amide bonds. The highest BCUT2D eigenvalue weighted by atomic mass is 16.5. The number of para-hydroxylation sites is 2. The van der Waals surface area contributed by atoms with E-state index in [2.05, 4.69) is 0 Å². The Morgan fingerprint density at radius 2 is 1.84 bits per heavy atom. The number of phenols is 1. The Morgan fingerprint density at radius 1 is 1.09 bits per heavy atom. The van der Waals surface area contributed by atoms with Crippen LogP contribution in [0.4, 0.5) is 5.69 Å². The van der Waals surface area contributed by atoms with Crippen LogP contribution < -0.4 is 9.64 Å². The van der Waals surface area contributed by atoms with E-state index in [1.807, 2.05) is 13.8 Å². The average Bonchev–Trinajstić information content (AvgIpc) is 3.40. The first-order valence-electron chi connectivity index (χ1n) is 10.2. The lowest BCUT2D eigenvalue weighted by Gasteiger charge is -2.24. The van der Waals surface area contributed by atoms with Crippen LogP contribution in [0, 0.1) is 0 Å². The van der Waals surface area contributed by atoms with Crippen LogP contribution in [0.15, 0.2) is 70.9 Å². The molecule has 0 saturated carbocycles. The number of rotatable bonds is 5. The second-order valence-corrected chi connectivity index (χ2v) is 7.78. The highest BCUT2D eigenvalue weighted by Gasteiger charge is 2.49. The average molecular weight is 433 g/mol. The Labute approximate surface area is 185 Å². The number of methoxy groups -OCH3 is 1. The minimum absolute atomic E-state index is 0.0993. The van der Waals surface area contributed by atoms with Crippen LogP contribution >= 0.6 is 0 Å². The molecule has 0 aliphatic carbocycles. The van der Waals surface area contributed by atoms with E-state index in [4.69, 9.17) is 9.15 Å². The summed E-state index contributed by atoms with van der Waals surface area (Å²) in [5.41, 5.74) is 1.25. The fourth-order valence-corrected chi connectivity index (χ4v) is 3.95. The number of carbonyl (C=O) groups is 2. The molecule has 1 atom stereocenters. The lowest BCUT2D eigenvalue weighted by atomic mass is 9.95. The predicted molar refractivity (Wildman–Crippen MR) is 119 cm³/mol. The van der Waals surface area contributed by atoms with Crippen LogP contribution in [0.1, 0.15) is 42.7 Å². The molecule has 0 bridgehead atoms. The summed E-state index contributed by atoms with van der Waals surface area (Å²) in [5.74, 6) is -1.19. The lowest BCUT2D eigenvalue weighted by molar-refractivity contribution is -0.132. The Hall–Kier alpha value is -4.00. The minimum atomic E-state index is -1.04. The van der Waals surface area contributed by atoms with Crippen molar-refractivity contribution in [2.75, 3.05) is 12.0 Å². The Morgan fingerprint density at radius 3 is 2.47 bits per heavy atom. The van der Waals surface area contributed by atoms with Crippen LogP contribution in [-0.2, 0) is 9.59 Å². The number of phenolic OH excluding ortho intramolecular Hbond substituents is 1. The van der Waals surface area contributed by atoms with Crippen molar-refractivity contribution >= 4 is 23.1 Å². The van der Waals surface area contributed by atoms with Crippen molar-refractivity contribution in [3.05, 3.63) is 83.3 Å². The summed E-state index contributed by atoms with van der Waals surface area (Å²) < 4.78 is 10.9. The smallest absolute Gasteiger partial charge is 0.300 e. The number of carbonyl (C=O) groups excluding carboxylic acids is 2. The Balaban J connectivity index is 1.93. The summed E-state index contributed by atoms with van der Waals surface area (Å²) >= 11 is 0. The molecule has 3 aromatic rings. The molecule has 2 heterocycles. The van der Waals surface area contributed by atoms with Gasteiger partial charge in [0.1, 0.15) is 29.1 Å². The second kappa shape index (κ2) is 8.26. The molecule has 1 saturated heterocycles. The molecular formula is C25H23NO6. The molecule has 2 N–H and O–H groups in total. The van der Waals surface area contributed by atoms with Crippen molar-refractivity contribution in [3.63, 3.8) is 0 Å². The quantitative estimate of drug-likeness (QED) is 0.342. The number of anilines is 1. The van der Waals surface area contributed by atoms with Crippen molar-refractivity contribution in [1.82, 2.24) is 0 Å². The fraction of sp³-hybridized carbons (Fsp3) is 0.200. The van der Waals surface area contributed by atoms with E-state index in [0.717, 1.165) is 10.5 Å². The number of Topliss-reactive ketones (excluding diaryl/α,β-unsaturated/α-hetero) is 1. The molecule has 0 radical (unpaired) electrons. The van der Waals surface area contributed by atoms with E-state index < -0.39 is 17.7 Å². The van der Waals surface area contributed by atoms with Crippen molar-refractivity contribution in [2.24, 2.45) is 0 Å². The summed E-state index contributed by atoms with van der Waals surface area (Å²) in [5, 5.41) is 21.6. The van der Waals surface area contributed by atoms with E-state index >= 15 is 0 Å². The van der Waals surface area contributed by atoms with Gasteiger partial charge in [-0.05, 0) is 53.9 Å². The molecule has 1 aliphatic heterocycles. The molecule has 7 nitrogen and oxygen atoms in total. The van der Waals surface area contributed by atoms with Gasteiger partial charge in [0.15, 0.2) is 0 Å². The molecule has 1 unspecified atom stereocenters. The number of benzene rings is 2. The summed E-state index contributed by atoms with van der Waals surface area (Å²) in [6, 6.07) is 13.5. The van der Waals surface area contributed by atoms with Crippen LogP contribution in [0.3, 0.4) is 0 Å². The fourth-order valence-electron chi connectivity index (χ4n) is 3.95. The number of hydrogen-bond donors (Lipinski definition) is 2. The maximum Gasteiger partial charge on any atom is 0.300 e. The number of aliphatic hydroxyl groups excluding tert-OH is 1. The van der Waals surface area contributed by atoms with Gasteiger partial charge in [-0.3, -0.25) is 14.5 Å². The van der Waals surface area contributed by atoms with E-state index in [1.165, 1.54) is 18.4 Å². The summed E-state index contributed by atoms with van der Waals surface area (Å²) in [7, 11) is 1.57. The lowest BCUT2D eigenvalue weighted by Crippen LogP contribution is -2.29. The molecule has 1 fully saturated rings. The van der Waals surface area contributed by atoms with Crippen molar-refractivity contribution in [3.8, 4) is 11.5 Å². The predicted octanol–water partition coefficient (Wildman–Crippen LogP) is 4.74. The monoisotopic (exact) mass is 433 g/mol. The van der Waals surface area contributed by atoms with Crippen molar-refractivity contribution in [1.29, 1.82) is 0 Å². The maximum absolute atomic E-state index is 13.1. The third-order valence-electron chi connectivity index (χ3n) is 5.52. The summed E-state index contributed by atoms with van der Waals surface area (Å²) in [6.07, 6.45) is 1.42. The third kappa shape index (κ3) is 3.41. The zero-order chi connectivity index (χ0) is 23.0. The van der Waals surface area contributed by atoms with E-state index in [9.17, 15) is 19.8 Å². The zero-order valence-corrected chi connectivity index (χ0v) is 17.9. The van der Waals surface area contributed by atoms with Crippen molar-refractivity contribution in [2.45, 2.75) is 25.8 Å². The standard InChI is InChI=1S/C25H23NO6/c1-14(2)16-13-15(10-11-19(16)31-3)23(28)21-22(20-9-6-12-32-20)26(25(30)24(21)29)17-7-4-5-8-18(17)27/h4-14,22,27-28H,1-3H3/b23-21-. The first kappa shape index (κ1) is 21.2. The molecule has 2 aromatic carbocycles. The molecule has 32 heavy (non-hydrogen) atoms. The number of aliphatic hydroxyl groups is 1. The van der Waals surface area contributed by atoms with Gasteiger partial charge in [-0.25, -0.2) is 0 Å². The second-order valence-electron chi connectivity index (χ2n) is 7.78. The van der Waals surface area contributed by atoms with Crippen LogP contribution in [0.25, 0.3) is 5.76 Å². The van der Waals surface area contributed by atoms with Crippen LogP contribution in [0.2, 0.25) is 0 Å². The number of hydrogen-bond acceptors (Lipinski definition) is 6. The number of nitrogens with zero attached hydrogens (tertiary/aromatic N) is 1. The van der Waals surface area contributed by atoms with Gasteiger partial charge in [0, 0.05) is 5.56 Å². The Kier molecular flexibility index (Phi) is 5.48. The first-order valence-corrected chi connectivity index (χ1v) is 10.2. The number of furan rings is 1. The Bertz CT molecular complexity index is 1210.